The molecule has 0 N–H and O–H groups in total. The van der Waals surface area contributed by atoms with Gasteiger partial charge in [-0.25, -0.2) is 9.13 Å². The molecule has 2 nitrogen and oxygen atoms in total. The number of rotatable bonds is 10. The van der Waals surface area contributed by atoms with Crippen molar-refractivity contribution in [3.63, 3.8) is 0 Å². The van der Waals surface area contributed by atoms with Crippen LogP contribution in [0.1, 0.15) is 70.5 Å². The Bertz CT molecular complexity index is 529. The van der Waals surface area contributed by atoms with Crippen LogP contribution >= 0.6 is 0 Å². The van der Waals surface area contributed by atoms with Crippen molar-refractivity contribution in [2.24, 2.45) is 14.1 Å². The highest BCUT2D eigenvalue weighted by atomic mass is 15.1. The molecule has 0 unspecified atom stereocenters. The van der Waals surface area contributed by atoms with Crippen LogP contribution in [0.15, 0.2) is 24.3 Å². The molecule has 0 atom stereocenters. The predicted octanol–water partition coefficient (Wildman–Crippen LogP) is 5.08. The van der Waals surface area contributed by atoms with Gasteiger partial charge in [-0.15, -0.1) is 0 Å². The summed E-state index contributed by atoms with van der Waals surface area (Å²) in [6, 6.07) is 8.69. The summed E-state index contributed by atoms with van der Waals surface area (Å²) in [5.41, 5.74) is 2.69. The molecule has 0 aliphatic rings. The van der Waals surface area contributed by atoms with Gasteiger partial charge in [0, 0.05) is 6.42 Å². The third-order valence-electron chi connectivity index (χ3n) is 4.88. The van der Waals surface area contributed by atoms with Gasteiger partial charge in [-0.3, -0.25) is 0 Å². The molecule has 0 saturated carbocycles. The van der Waals surface area contributed by atoms with Gasteiger partial charge in [0.1, 0.15) is 0 Å². The lowest BCUT2D eigenvalue weighted by Crippen LogP contribution is -2.32. The zero-order chi connectivity index (χ0) is 15.8. The van der Waals surface area contributed by atoms with E-state index in [9.17, 15) is 0 Å². The van der Waals surface area contributed by atoms with E-state index in [1.165, 1.54) is 81.1 Å². The first-order valence-electron chi connectivity index (χ1n) is 9.18. The molecule has 0 spiro atoms. The summed E-state index contributed by atoms with van der Waals surface area (Å²) in [6.45, 7) is 2.28. The number of aryl methyl sites for hydroxylation is 2. The van der Waals surface area contributed by atoms with Crippen LogP contribution in [0.3, 0.4) is 0 Å². The van der Waals surface area contributed by atoms with Crippen molar-refractivity contribution in [1.29, 1.82) is 0 Å². The Kier molecular flexibility index (Phi) is 6.95. The lowest BCUT2D eigenvalue weighted by atomic mass is 10.1. The first-order chi connectivity index (χ1) is 10.8. The number of unbranched alkanes of at least 4 members (excludes halogenated alkanes) is 8. The SMILES string of the molecule is CCCCCCCCCCCc1n(C)c2ccccc2[n+]1C. The van der Waals surface area contributed by atoms with Gasteiger partial charge in [-0.2, -0.15) is 0 Å². The van der Waals surface area contributed by atoms with E-state index in [-0.39, 0.29) is 0 Å². The van der Waals surface area contributed by atoms with Gasteiger partial charge in [-0.1, -0.05) is 70.4 Å². The topological polar surface area (TPSA) is 8.81 Å². The van der Waals surface area contributed by atoms with Gasteiger partial charge in [0.25, 0.3) is 5.82 Å². The monoisotopic (exact) mass is 301 g/mol. The smallest absolute Gasteiger partial charge is 0.230 e. The molecule has 0 fully saturated rings. The Balaban J connectivity index is 1.72. The van der Waals surface area contributed by atoms with Crippen LogP contribution in [0, 0.1) is 0 Å². The average molecular weight is 301 g/mol. The Labute approximate surface area is 136 Å². The second-order valence-electron chi connectivity index (χ2n) is 6.60. The summed E-state index contributed by atoms with van der Waals surface area (Å²) < 4.78 is 4.72. The molecule has 0 saturated heterocycles. The van der Waals surface area contributed by atoms with Crippen molar-refractivity contribution in [2.45, 2.75) is 71.1 Å². The lowest BCUT2D eigenvalue weighted by Gasteiger charge is -2.02. The first-order valence-corrected chi connectivity index (χ1v) is 9.18. The molecular formula is C20H33N2+. The minimum atomic E-state index is 1.19. The van der Waals surface area contributed by atoms with E-state index in [0.717, 1.165) is 0 Å². The third-order valence-corrected chi connectivity index (χ3v) is 4.88. The molecule has 1 aromatic heterocycles. The van der Waals surface area contributed by atoms with Crippen molar-refractivity contribution in [1.82, 2.24) is 4.57 Å². The molecule has 2 heteroatoms. The number of aromatic nitrogens is 2. The van der Waals surface area contributed by atoms with E-state index in [0.29, 0.717) is 0 Å². The molecule has 0 amide bonds. The standard InChI is InChI=1S/C20H33N2/c1-4-5-6-7-8-9-10-11-12-17-20-21(2)18-15-13-14-16-19(18)22(20)3/h13-16H,4-12,17H2,1-3H3/q+1. The Hall–Kier alpha value is -1.31. The van der Waals surface area contributed by atoms with Crippen LogP contribution in [0.4, 0.5) is 0 Å². The second-order valence-corrected chi connectivity index (χ2v) is 6.60. The highest BCUT2D eigenvalue weighted by Crippen LogP contribution is 2.15. The fourth-order valence-electron chi connectivity index (χ4n) is 3.46. The van der Waals surface area contributed by atoms with Crippen molar-refractivity contribution in [2.75, 3.05) is 0 Å². The molecule has 22 heavy (non-hydrogen) atoms. The van der Waals surface area contributed by atoms with Crippen LogP contribution in [-0.2, 0) is 20.5 Å². The number of hydrogen-bond donors (Lipinski definition) is 0. The highest BCUT2D eigenvalue weighted by molar-refractivity contribution is 5.72. The normalized spacial score (nSPS) is 11.4. The Morgan fingerprint density at radius 2 is 1.45 bits per heavy atom. The van der Waals surface area contributed by atoms with E-state index < -0.39 is 0 Å². The van der Waals surface area contributed by atoms with Crippen molar-refractivity contribution in [3.8, 4) is 0 Å². The summed E-state index contributed by atoms with van der Waals surface area (Å²) in [7, 11) is 4.40. The van der Waals surface area contributed by atoms with E-state index in [2.05, 4.69) is 54.4 Å². The summed E-state index contributed by atoms with van der Waals surface area (Å²) >= 11 is 0. The maximum Gasteiger partial charge on any atom is 0.256 e. The zero-order valence-electron chi connectivity index (χ0n) is 14.8. The number of para-hydroxylation sites is 2. The maximum atomic E-state index is 2.36. The van der Waals surface area contributed by atoms with E-state index in [1.54, 1.807) is 0 Å². The number of nitrogens with zero attached hydrogens (tertiary/aromatic N) is 2. The maximum absolute atomic E-state index is 2.36. The van der Waals surface area contributed by atoms with Crippen LogP contribution in [0.25, 0.3) is 11.0 Å². The van der Waals surface area contributed by atoms with E-state index >= 15 is 0 Å². The largest absolute Gasteiger partial charge is 0.256 e. The molecule has 122 valence electrons. The average Bonchev–Trinajstić information content (AvgIpc) is 2.78. The highest BCUT2D eigenvalue weighted by Gasteiger charge is 2.18. The van der Waals surface area contributed by atoms with Crippen LogP contribution in [-0.4, -0.2) is 4.57 Å². The van der Waals surface area contributed by atoms with E-state index in [4.69, 9.17) is 0 Å². The summed E-state index contributed by atoms with van der Waals surface area (Å²) in [4.78, 5) is 0. The van der Waals surface area contributed by atoms with Gasteiger partial charge in [0.05, 0.1) is 14.1 Å². The molecule has 1 heterocycles. The molecule has 0 aliphatic carbocycles. The van der Waals surface area contributed by atoms with Gasteiger partial charge >= 0.3 is 0 Å². The zero-order valence-corrected chi connectivity index (χ0v) is 14.8. The minimum Gasteiger partial charge on any atom is -0.230 e. The molecule has 1 aromatic carbocycles. The lowest BCUT2D eigenvalue weighted by molar-refractivity contribution is -0.654. The molecule has 0 aliphatic heterocycles. The van der Waals surface area contributed by atoms with Crippen LogP contribution < -0.4 is 4.57 Å². The summed E-state index contributed by atoms with van der Waals surface area (Å²) in [5, 5.41) is 0. The van der Waals surface area contributed by atoms with Gasteiger partial charge in [0.2, 0.25) is 0 Å². The van der Waals surface area contributed by atoms with Crippen LogP contribution in [0.5, 0.6) is 0 Å². The quantitative estimate of drug-likeness (QED) is 0.427. The third kappa shape index (κ3) is 4.34. The van der Waals surface area contributed by atoms with Gasteiger partial charge in [-0.05, 0) is 18.6 Å². The van der Waals surface area contributed by atoms with E-state index in [1.807, 2.05) is 0 Å². The van der Waals surface area contributed by atoms with Crippen molar-refractivity contribution < 1.29 is 4.57 Å². The predicted molar refractivity (Wildman–Crippen MR) is 95.0 cm³/mol. The van der Waals surface area contributed by atoms with Gasteiger partial charge < -0.3 is 0 Å². The molecule has 0 bridgehead atoms. The molecule has 0 radical (unpaired) electrons. The first kappa shape index (κ1) is 17.1. The Morgan fingerprint density at radius 3 is 2.09 bits per heavy atom. The molecule has 2 rings (SSSR count). The summed E-state index contributed by atoms with van der Waals surface area (Å²) in [5.74, 6) is 1.45. The second kappa shape index (κ2) is 8.97. The number of benzene rings is 1. The van der Waals surface area contributed by atoms with Crippen LogP contribution in [0.2, 0.25) is 0 Å². The van der Waals surface area contributed by atoms with Gasteiger partial charge in [0.15, 0.2) is 11.0 Å². The minimum absolute atomic E-state index is 1.19. The number of fused-ring (bicyclic) bond motifs is 1. The number of imidazole rings is 1. The number of hydrogen-bond acceptors (Lipinski definition) is 0. The summed E-state index contributed by atoms with van der Waals surface area (Å²) in [6.07, 6.45) is 13.8. The molecule has 2 aromatic rings. The van der Waals surface area contributed by atoms with Crippen molar-refractivity contribution in [3.05, 3.63) is 30.1 Å². The molecular weight excluding hydrogens is 268 g/mol. The van der Waals surface area contributed by atoms with Crippen molar-refractivity contribution >= 4 is 11.0 Å². The fourth-order valence-corrected chi connectivity index (χ4v) is 3.46. The fraction of sp³-hybridized carbons (Fsp3) is 0.650. The Morgan fingerprint density at radius 1 is 0.864 bits per heavy atom.